The molecular weight excluding hydrogens is 268 g/mol. The highest BCUT2D eigenvalue weighted by molar-refractivity contribution is 6.31. The zero-order valence-corrected chi connectivity index (χ0v) is 11.3. The van der Waals surface area contributed by atoms with Crippen LogP contribution < -0.4 is 5.32 Å². The molecule has 102 valence electrons. The second-order valence-corrected chi connectivity index (χ2v) is 4.23. The van der Waals surface area contributed by atoms with Crippen molar-refractivity contribution in [3.63, 3.8) is 0 Å². The molecule has 0 aromatic heterocycles. The Morgan fingerprint density at radius 3 is 2.68 bits per heavy atom. The van der Waals surface area contributed by atoms with Gasteiger partial charge in [0.05, 0.1) is 5.56 Å². The molecule has 0 unspecified atom stereocenters. The van der Waals surface area contributed by atoms with Crippen molar-refractivity contribution in [3.05, 3.63) is 41.4 Å². The van der Waals surface area contributed by atoms with Gasteiger partial charge in [0.25, 0.3) is 0 Å². The van der Waals surface area contributed by atoms with Gasteiger partial charge in [0, 0.05) is 23.8 Å². The van der Waals surface area contributed by atoms with Gasteiger partial charge in [0.1, 0.15) is 0 Å². The van der Waals surface area contributed by atoms with E-state index in [1.807, 2.05) is 6.92 Å². The molecule has 5 nitrogen and oxygen atoms in total. The Hall–Kier alpha value is -2.01. The quantitative estimate of drug-likeness (QED) is 0.816. The predicted molar refractivity (Wildman–Crippen MR) is 74.9 cm³/mol. The average Bonchev–Trinajstić information content (AvgIpc) is 2.34. The molecule has 19 heavy (non-hydrogen) atoms. The maximum Gasteiger partial charge on any atom is 0.335 e. The minimum atomic E-state index is -1.10. The van der Waals surface area contributed by atoms with Gasteiger partial charge in [-0.2, -0.15) is 0 Å². The van der Waals surface area contributed by atoms with E-state index in [4.69, 9.17) is 16.7 Å². The minimum Gasteiger partial charge on any atom is -0.478 e. The molecule has 0 aliphatic carbocycles. The molecule has 0 spiro atoms. The van der Waals surface area contributed by atoms with Crippen LogP contribution >= 0.6 is 11.6 Å². The predicted octanol–water partition coefficient (Wildman–Crippen LogP) is 3.08. The van der Waals surface area contributed by atoms with Crippen LogP contribution in [0.1, 0.15) is 17.3 Å². The standard InChI is InChI=1S/C13H15ClN2O3/c1-3-5-16(4-2)13(19)15-11-7-9(12(17)18)6-10(14)8-11/h3,6-8H,1,4-5H2,2H3,(H,15,19)(H,17,18). The Balaban J connectivity index is 2.89. The van der Waals surface area contributed by atoms with Crippen LogP contribution in [0.2, 0.25) is 5.02 Å². The molecule has 1 aromatic rings. The molecular formula is C13H15ClN2O3. The van der Waals surface area contributed by atoms with Gasteiger partial charge in [-0.3, -0.25) is 0 Å². The number of carbonyl (C=O) groups is 2. The second-order valence-electron chi connectivity index (χ2n) is 3.79. The highest BCUT2D eigenvalue weighted by Gasteiger charge is 2.12. The number of rotatable bonds is 5. The first-order valence-corrected chi connectivity index (χ1v) is 6.06. The summed E-state index contributed by atoms with van der Waals surface area (Å²) in [6, 6.07) is 3.84. The number of carboxylic acids is 1. The molecule has 2 amide bonds. The van der Waals surface area contributed by atoms with Crippen molar-refractivity contribution in [2.45, 2.75) is 6.92 Å². The molecule has 0 aliphatic heterocycles. The average molecular weight is 283 g/mol. The molecule has 0 saturated heterocycles. The smallest absolute Gasteiger partial charge is 0.335 e. The fourth-order valence-corrected chi connectivity index (χ4v) is 1.73. The van der Waals surface area contributed by atoms with Gasteiger partial charge < -0.3 is 15.3 Å². The lowest BCUT2D eigenvalue weighted by molar-refractivity contribution is 0.0697. The van der Waals surface area contributed by atoms with Gasteiger partial charge in [0.15, 0.2) is 0 Å². The first-order valence-electron chi connectivity index (χ1n) is 5.68. The number of hydrogen-bond donors (Lipinski definition) is 2. The van der Waals surface area contributed by atoms with E-state index in [-0.39, 0.29) is 16.6 Å². The number of aromatic carboxylic acids is 1. The third-order valence-electron chi connectivity index (χ3n) is 2.41. The number of benzene rings is 1. The number of carboxylic acid groups (broad SMARTS) is 1. The number of halogens is 1. The molecule has 1 aromatic carbocycles. The third-order valence-corrected chi connectivity index (χ3v) is 2.63. The summed E-state index contributed by atoms with van der Waals surface area (Å²) < 4.78 is 0. The number of amides is 2. The van der Waals surface area contributed by atoms with E-state index in [1.165, 1.54) is 23.1 Å². The highest BCUT2D eigenvalue weighted by Crippen LogP contribution is 2.19. The lowest BCUT2D eigenvalue weighted by Crippen LogP contribution is -2.34. The molecule has 0 saturated carbocycles. The van der Waals surface area contributed by atoms with E-state index < -0.39 is 5.97 Å². The maximum atomic E-state index is 11.9. The van der Waals surface area contributed by atoms with Crippen molar-refractivity contribution in [3.8, 4) is 0 Å². The van der Waals surface area contributed by atoms with E-state index in [0.29, 0.717) is 18.8 Å². The number of urea groups is 1. The van der Waals surface area contributed by atoms with Crippen LogP contribution in [0.5, 0.6) is 0 Å². The van der Waals surface area contributed by atoms with Crippen molar-refractivity contribution in [1.82, 2.24) is 4.90 Å². The Kier molecular flexibility index (Phi) is 5.38. The SMILES string of the molecule is C=CCN(CC)C(=O)Nc1cc(Cl)cc(C(=O)O)c1. The van der Waals surface area contributed by atoms with Crippen LogP contribution in [0.3, 0.4) is 0 Å². The summed E-state index contributed by atoms with van der Waals surface area (Å²) in [7, 11) is 0. The number of anilines is 1. The van der Waals surface area contributed by atoms with Gasteiger partial charge in [0.2, 0.25) is 0 Å². The summed E-state index contributed by atoms with van der Waals surface area (Å²) in [6.07, 6.45) is 1.61. The first-order chi connectivity index (χ1) is 8.97. The molecule has 2 N–H and O–H groups in total. The van der Waals surface area contributed by atoms with Crippen molar-refractivity contribution in [1.29, 1.82) is 0 Å². The maximum absolute atomic E-state index is 11.9. The molecule has 0 aliphatic rings. The van der Waals surface area contributed by atoms with E-state index in [1.54, 1.807) is 6.08 Å². The van der Waals surface area contributed by atoms with Crippen molar-refractivity contribution in [2.75, 3.05) is 18.4 Å². The van der Waals surface area contributed by atoms with Crippen LogP contribution in [-0.2, 0) is 0 Å². The summed E-state index contributed by atoms with van der Waals surface area (Å²) in [5.74, 6) is -1.10. The Labute approximate surface area is 116 Å². The van der Waals surface area contributed by atoms with Crippen molar-refractivity contribution < 1.29 is 14.7 Å². The van der Waals surface area contributed by atoms with E-state index in [0.717, 1.165) is 0 Å². The Bertz CT molecular complexity index is 503. The summed E-state index contributed by atoms with van der Waals surface area (Å²) in [5.41, 5.74) is 0.368. The van der Waals surface area contributed by atoms with Gasteiger partial charge in [-0.25, -0.2) is 9.59 Å². The van der Waals surface area contributed by atoms with Crippen molar-refractivity contribution >= 4 is 29.3 Å². The largest absolute Gasteiger partial charge is 0.478 e. The topological polar surface area (TPSA) is 69.6 Å². The Morgan fingerprint density at radius 2 is 2.16 bits per heavy atom. The Morgan fingerprint density at radius 1 is 1.47 bits per heavy atom. The number of nitrogens with zero attached hydrogens (tertiary/aromatic N) is 1. The number of nitrogens with one attached hydrogen (secondary N) is 1. The summed E-state index contributed by atoms with van der Waals surface area (Å²) in [6.45, 7) is 6.34. The van der Waals surface area contributed by atoms with Gasteiger partial charge in [-0.15, -0.1) is 6.58 Å². The fraction of sp³-hybridized carbons (Fsp3) is 0.231. The van der Waals surface area contributed by atoms with E-state index in [2.05, 4.69) is 11.9 Å². The number of hydrogen-bond acceptors (Lipinski definition) is 2. The lowest BCUT2D eigenvalue weighted by atomic mass is 10.2. The van der Waals surface area contributed by atoms with Gasteiger partial charge in [-0.1, -0.05) is 17.7 Å². The molecule has 0 atom stereocenters. The lowest BCUT2D eigenvalue weighted by Gasteiger charge is -2.19. The fourth-order valence-electron chi connectivity index (χ4n) is 1.50. The molecule has 0 bridgehead atoms. The molecule has 0 heterocycles. The normalized spacial score (nSPS) is 9.79. The van der Waals surface area contributed by atoms with Gasteiger partial charge >= 0.3 is 12.0 Å². The number of likely N-dealkylation sites (N-methyl/N-ethyl adjacent to an activating group) is 1. The summed E-state index contributed by atoms with van der Waals surface area (Å²) in [4.78, 5) is 24.3. The van der Waals surface area contributed by atoms with Crippen LogP contribution in [0, 0.1) is 0 Å². The zero-order chi connectivity index (χ0) is 14.4. The van der Waals surface area contributed by atoms with Crippen molar-refractivity contribution in [2.24, 2.45) is 0 Å². The van der Waals surface area contributed by atoms with E-state index >= 15 is 0 Å². The highest BCUT2D eigenvalue weighted by atomic mass is 35.5. The summed E-state index contributed by atoms with van der Waals surface area (Å²) in [5, 5.41) is 11.8. The summed E-state index contributed by atoms with van der Waals surface area (Å²) >= 11 is 5.81. The van der Waals surface area contributed by atoms with Gasteiger partial charge in [-0.05, 0) is 25.1 Å². The van der Waals surface area contributed by atoms with Crippen LogP contribution in [0.15, 0.2) is 30.9 Å². The van der Waals surface area contributed by atoms with Crippen LogP contribution in [0.25, 0.3) is 0 Å². The monoisotopic (exact) mass is 282 g/mol. The molecule has 0 fully saturated rings. The molecule has 0 radical (unpaired) electrons. The second kappa shape index (κ2) is 6.80. The van der Waals surface area contributed by atoms with Crippen LogP contribution in [0.4, 0.5) is 10.5 Å². The minimum absolute atomic E-state index is 0.0227. The number of carbonyl (C=O) groups excluding carboxylic acids is 1. The van der Waals surface area contributed by atoms with E-state index in [9.17, 15) is 9.59 Å². The third kappa shape index (κ3) is 4.30. The molecule has 6 heteroatoms. The van der Waals surface area contributed by atoms with Crippen LogP contribution in [-0.4, -0.2) is 35.1 Å². The molecule has 1 rings (SSSR count). The zero-order valence-electron chi connectivity index (χ0n) is 10.5. The first kappa shape index (κ1) is 15.0.